The Kier molecular flexibility index (Phi) is 7.43. The molecule has 0 aromatic rings. The molecule has 12 heteroatoms. The van der Waals surface area contributed by atoms with Crippen molar-refractivity contribution >= 4 is 47.1 Å². The molecule has 0 saturated carbocycles. The third-order valence-electron chi connectivity index (χ3n) is 8.25. The summed E-state index contributed by atoms with van der Waals surface area (Å²) in [6.07, 6.45) is 1.74. The number of nitrogens with zero attached hydrogens (tertiary/aromatic N) is 2. The summed E-state index contributed by atoms with van der Waals surface area (Å²) in [6.45, 7) is 5.77. The molecule has 0 aromatic carbocycles. The first-order valence-electron chi connectivity index (χ1n) is 12.8. The zero-order valence-electron chi connectivity index (χ0n) is 20.6. The fourth-order valence-electron chi connectivity index (χ4n) is 6.32. The Balaban J connectivity index is 1.24. The van der Waals surface area contributed by atoms with Crippen LogP contribution in [-0.4, -0.2) is 99.2 Å². The van der Waals surface area contributed by atoms with E-state index in [0.29, 0.717) is 37.4 Å². The lowest BCUT2D eigenvalue weighted by Gasteiger charge is -2.47. The Bertz CT molecular complexity index is 986. The highest BCUT2D eigenvalue weighted by molar-refractivity contribution is 8.03. The highest BCUT2D eigenvalue weighted by atomic mass is 32.2. The summed E-state index contributed by atoms with van der Waals surface area (Å²) < 4.78 is 0. The van der Waals surface area contributed by atoms with Gasteiger partial charge in [0.05, 0.1) is 24.0 Å². The van der Waals surface area contributed by atoms with Gasteiger partial charge in [-0.1, -0.05) is 13.8 Å². The Morgan fingerprint density at radius 3 is 2.69 bits per heavy atom. The number of hydrogen-bond donors (Lipinski definition) is 4. The minimum Gasteiger partial charge on any atom is -0.477 e. The molecule has 10 nitrogen and oxygen atoms in total. The molecule has 5 N–H and O–H groups in total. The molecule has 4 fully saturated rings. The zero-order valence-corrected chi connectivity index (χ0v) is 22.3. The summed E-state index contributed by atoms with van der Waals surface area (Å²) in [5.41, 5.74) is 6.03. The van der Waals surface area contributed by atoms with Gasteiger partial charge in [0.25, 0.3) is 0 Å². The van der Waals surface area contributed by atoms with Crippen LogP contribution in [-0.2, 0) is 19.2 Å². The standard InChI is InChI=1S/C24H35N5O5S2/c1-11(5-17(30)16-9-35-10-27-16)18-19-12(2)21(20(24(33)34)29(19)23(18)32)36-14-6-15(26-7-14)22(31)28-4-3-13(25)8-28/h11-16,18-19,26-27H,3-10,25H2,1-2H3,(H,33,34)/t11-,12+,13-,14-,15-,16-,18+,19+/m0/s1. The van der Waals surface area contributed by atoms with Crippen molar-refractivity contribution in [2.45, 2.75) is 62.5 Å². The topological polar surface area (TPSA) is 145 Å². The third-order valence-corrected chi connectivity index (χ3v) is 10.7. The van der Waals surface area contributed by atoms with Crippen molar-refractivity contribution < 1.29 is 24.3 Å². The first kappa shape index (κ1) is 26.0. The molecule has 0 spiro atoms. The number of carboxylic acid groups (broad SMARTS) is 1. The molecule has 0 aliphatic carbocycles. The number of nitrogens with one attached hydrogen (secondary N) is 2. The molecule has 5 heterocycles. The number of aliphatic carboxylic acids is 1. The van der Waals surface area contributed by atoms with Crippen LogP contribution in [0, 0.1) is 17.8 Å². The van der Waals surface area contributed by atoms with Gasteiger partial charge in [0.2, 0.25) is 11.8 Å². The van der Waals surface area contributed by atoms with Gasteiger partial charge in [-0.3, -0.25) is 19.7 Å². The molecule has 5 rings (SSSR count). The van der Waals surface area contributed by atoms with Gasteiger partial charge in [-0.05, 0) is 18.8 Å². The average Bonchev–Trinajstić information content (AvgIpc) is 3.62. The van der Waals surface area contributed by atoms with Crippen LogP contribution in [0.5, 0.6) is 0 Å². The van der Waals surface area contributed by atoms with Gasteiger partial charge in [0.15, 0.2) is 5.78 Å². The van der Waals surface area contributed by atoms with Crippen molar-refractivity contribution in [2.24, 2.45) is 23.5 Å². The predicted octanol–water partition coefficient (Wildman–Crippen LogP) is 0.0404. The first-order chi connectivity index (χ1) is 17.2. The number of amides is 2. The lowest BCUT2D eigenvalue weighted by Crippen LogP contribution is -2.62. The second-order valence-electron chi connectivity index (χ2n) is 10.7. The van der Waals surface area contributed by atoms with Gasteiger partial charge < -0.3 is 26.0 Å². The van der Waals surface area contributed by atoms with E-state index in [1.165, 1.54) is 16.7 Å². The molecule has 8 atom stereocenters. The monoisotopic (exact) mass is 537 g/mol. The lowest BCUT2D eigenvalue weighted by molar-refractivity contribution is -0.160. The molecule has 0 unspecified atom stereocenters. The molecule has 36 heavy (non-hydrogen) atoms. The van der Waals surface area contributed by atoms with E-state index in [1.807, 2.05) is 18.7 Å². The summed E-state index contributed by atoms with van der Waals surface area (Å²) in [7, 11) is 0. The number of Topliss-reactive ketones (excluding diaryl/α,β-unsaturated/α-hetero) is 1. The number of hydrogen-bond acceptors (Lipinski definition) is 9. The molecule has 5 aliphatic rings. The van der Waals surface area contributed by atoms with E-state index in [0.717, 1.165) is 18.1 Å². The number of carboxylic acids is 1. The number of carbonyl (C=O) groups is 4. The Morgan fingerprint density at radius 1 is 1.28 bits per heavy atom. The molecule has 0 aromatic heterocycles. The smallest absolute Gasteiger partial charge is 0.353 e. The van der Waals surface area contributed by atoms with Crippen molar-refractivity contribution in [1.82, 2.24) is 20.4 Å². The van der Waals surface area contributed by atoms with Crippen LogP contribution in [0.3, 0.4) is 0 Å². The Hall–Kier alpha value is -1.60. The first-order valence-corrected chi connectivity index (χ1v) is 14.8. The molecule has 5 aliphatic heterocycles. The van der Waals surface area contributed by atoms with Crippen LogP contribution in [0.2, 0.25) is 0 Å². The number of nitrogens with two attached hydrogens (primary N) is 1. The van der Waals surface area contributed by atoms with E-state index in [4.69, 9.17) is 5.73 Å². The van der Waals surface area contributed by atoms with E-state index in [1.54, 1.807) is 11.8 Å². The van der Waals surface area contributed by atoms with Gasteiger partial charge in [0, 0.05) is 59.8 Å². The van der Waals surface area contributed by atoms with Crippen molar-refractivity contribution in [3.63, 3.8) is 0 Å². The average molecular weight is 538 g/mol. The SMILES string of the molecule is C[C@@H](CC(=O)[C@@H]1CSCN1)[C@H]1C(=O)N2C(C(=O)O)=C(S[C@@H]3CN[C@H](C(=O)N4CC[C@H](N)C4)C3)[C@H](C)[C@H]12. The van der Waals surface area contributed by atoms with E-state index in [2.05, 4.69) is 10.6 Å². The van der Waals surface area contributed by atoms with Gasteiger partial charge in [0.1, 0.15) is 5.70 Å². The summed E-state index contributed by atoms with van der Waals surface area (Å²) in [6, 6.07) is -0.662. The molecule has 198 valence electrons. The van der Waals surface area contributed by atoms with Crippen LogP contribution < -0.4 is 16.4 Å². The van der Waals surface area contributed by atoms with Crippen LogP contribution in [0.4, 0.5) is 0 Å². The van der Waals surface area contributed by atoms with Gasteiger partial charge >= 0.3 is 5.97 Å². The van der Waals surface area contributed by atoms with Crippen LogP contribution in [0.25, 0.3) is 0 Å². The lowest BCUT2D eigenvalue weighted by atomic mass is 9.73. The Morgan fingerprint density at radius 2 is 2.06 bits per heavy atom. The third kappa shape index (κ3) is 4.59. The maximum Gasteiger partial charge on any atom is 0.353 e. The number of fused-ring (bicyclic) bond motifs is 1. The summed E-state index contributed by atoms with van der Waals surface area (Å²) in [4.78, 5) is 55.0. The minimum atomic E-state index is -1.10. The number of rotatable bonds is 8. The number of β-lactam (4-membered cyclic amide) rings is 1. The summed E-state index contributed by atoms with van der Waals surface area (Å²) >= 11 is 3.18. The second-order valence-corrected chi connectivity index (χ2v) is 13.1. The summed E-state index contributed by atoms with van der Waals surface area (Å²) in [5, 5.41) is 16.6. The fourth-order valence-corrected chi connectivity index (χ4v) is 8.78. The van der Waals surface area contributed by atoms with Crippen molar-refractivity contribution in [3.8, 4) is 0 Å². The fraction of sp³-hybridized carbons (Fsp3) is 0.750. The second kappa shape index (κ2) is 10.3. The van der Waals surface area contributed by atoms with Gasteiger partial charge in [-0.15, -0.1) is 23.5 Å². The number of ketones is 1. The van der Waals surface area contributed by atoms with Gasteiger partial charge in [-0.25, -0.2) is 4.79 Å². The van der Waals surface area contributed by atoms with E-state index >= 15 is 0 Å². The maximum atomic E-state index is 13.2. The predicted molar refractivity (Wildman–Crippen MR) is 138 cm³/mol. The van der Waals surface area contributed by atoms with E-state index in [9.17, 15) is 24.3 Å². The number of likely N-dealkylation sites (tertiary alicyclic amines) is 1. The minimum absolute atomic E-state index is 0.0316. The number of thioether (sulfide) groups is 2. The Labute approximate surface area is 219 Å². The van der Waals surface area contributed by atoms with Crippen molar-refractivity contribution in [2.75, 3.05) is 31.3 Å². The van der Waals surface area contributed by atoms with Crippen LogP contribution in [0.15, 0.2) is 10.6 Å². The summed E-state index contributed by atoms with van der Waals surface area (Å²) in [5.74, 6) is -0.235. The van der Waals surface area contributed by atoms with Crippen LogP contribution >= 0.6 is 23.5 Å². The quantitative estimate of drug-likeness (QED) is 0.313. The highest BCUT2D eigenvalue weighted by Gasteiger charge is 2.60. The molecular formula is C24H35N5O5S2. The molecule has 0 bridgehead atoms. The maximum absolute atomic E-state index is 13.2. The normalized spacial score (nSPS) is 36.9. The largest absolute Gasteiger partial charge is 0.477 e. The van der Waals surface area contributed by atoms with E-state index in [-0.39, 0.29) is 70.5 Å². The van der Waals surface area contributed by atoms with Gasteiger partial charge in [-0.2, -0.15) is 0 Å². The molecule has 4 saturated heterocycles. The van der Waals surface area contributed by atoms with Crippen LogP contribution in [0.1, 0.15) is 33.1 Å². The van der Waals surface area contributed by atoms with E-state index < -0.39 is 5.97 Å². The molecule has 0 radical (unpaired) electrons. The highest BCUT2D eigenvalue weighted by Crippen LogP contribution is 2.53. The zero-order chi connectivity index (χ0) is 25.7. The molecular weight excluding hydrogens is 502 g/mol. The molecule has 2 amide bonds. The van der Waals surface area contributed by atoms with Crippen molar-refractivity contribution in [1.29, 1.82) is 0 Å². The number of carbonyl (C=O) groups excluding carboxylic acids is 3. The van der Waals surface area contributed by atoms with Crippen molar-refractivity contribution in [3.05, 3.63) is 10.6 Å².